The van der Waals surface area contributed by atoms with Crippen LogP contribution in [0.25, 0.3) is 33.3 Å². The molecule has 0 saturated heterocycles. The molecule has 5 aromatic rings. The lowest BCUT2D eigenvalue weighted by Gasteiger charge is -2.00. The number of rotatable bonds is 4. The molecule has 1 N–H and O–H groups in total. The van der Waals surface area contributed by atoms with Gasteiger partial charge in [0.15, 0.2) is 5.43 Å². The van der Waals surface area contributed by atoms with Gasteiger partial charge in [0.1, 0.15) is 11.8 Å². The van der Waals surface area contributed by atoms with Crippen LogP contribution in [0.3, 0.4) is 0 Å². The van der Waals surface area contributed by atoms with E-state index in [1.807, 2.05) is 49.6 Å². The Bertz CT molecular complexity index is 1560. The average Bonchev–Trinajstić information content (AvgIpc) is 3.34. The molecule has 0 aliphatic heterocycles. The number of thiazole rings is 1. The molecule has 8 heteroatoms. The van der Waals surface area contributed by atoms with E-state index in [2.05, 4.69) is 15.4 Å². The first-order valence-corrected chi connectivity index (χ1v) is 10.8. The molecule has 0 spiro atoms. The largest absolute Gasteiger partial charge is 0.463 e. The zero-order valence-corrected chi connectivity index (χ0v) is 18.1. The molecule has 0 aliphatic rings. The first-order chi connectivity index (χ1) is 15.5. The number of amides is 1. The second-order valence-corrected chi connectivity index (χ2v) is 8.30. The van der Waals surface area contributed by atoms with Crippen LogP contribution in [-0.2, 0) is 4.79 Å². The van der Waals surface area contributed by atoms with Crippen molar-refractivity contribution < 1.29 is 9.21 Å². The molecule has 0 fully saturated rings. The van der Waals surface area contributed by atoms with Crippen molar-refractivity contribution in [2.45, 2.75) is 13.8 Å². The third kappa shape index (κ3) is 3.72. The third-order valence-corrected chi connectivity index (χ3v) is 5.85. The minimum Gasteiger partial charge on any atom is -0.463 e. The number of aromatic nitrogens is 3. The molecular weight excluding hydrogens is 424 g/mol. The van der Waals surface area contributed by atoms with Crippen LogP contribution in [0.4, 0.5) is 5.95 Å². The van der Waals surface area contributed by atoms with Crippen LogP contribution in [0.2, 0.25) is 0 Å². The molecule has 0 atom stereocenters. The van der Waals surface area contributed by atoms with Crippen molar-refractivity contribution in [1.29, 1.82) is 0 Å². The second kappa shape index (κ2) is 7.90. The minimum atomic E-state index is -0.441. The van der Waals surface area contributed by atoms with Crippen molar-refractivity contribution in [2.75, 3.05) is 5.32 Å². The Labute approximate surface area is 186 Å². The van der Waals surface area contributed by atoms with Gasteiger partial charge in [-0.3, -0.25) is 14.9 Å². The van der Waals surface area contributed by atoms with Gasteiger partial charge in [-0.2, -0.15) is 4.98 Å². The van der Waals surface area contributed by atoms with Crippen LogP contribution in [0.5, 0.6) is 0 Å². The van der Waals surface area contributed by atoms with E-state index in [-0.39, 0.29) is 11.4 Å². The molecule has 32 heavy (non-hydrogen) atoms. The van der Waals surface area contributed by atoms with E-state index in [0.29, 0.717) is 21.5 Å². The summed E-state index contributed by atoms with van der Waals surface area (Å²) in [5, 5.41) is 9.51. The lowest BCUT2D eigenvalue weighted by molar-refractivity contribution is -0.111. The molecule has 1 amide bonds. The molecule has 0 saturated carbocycles. The zero-order chi connectivity index (χ0) is 22.2. The first-order valence-electron chi connectivity index (χ1n) is 9.90. The summed E-state index contributed by atoms with van der Waals surface area (Å²) in [6.07, 6.45) is 4.05. The van der Waals surface area contributed by atoms with E-state index >= 15 is 0 Å². The maximum atomic E-state index is 12.7. The number of nitrogens with zero attached hydrogens (tertiary/aromatic N) is 3. The number of hydrogen-bond acceptors (Lipinski definition) is 6. The Hall–Kier alpha value is -4.04. The van der Waals surface area contributed by atoms with Gasteiger partial charge in [0, 0.05) is 17.0 Å². The zero-order valence-electron chi connectivity index (χ0n) is 17.3. The van der Waals surface area contributed by atoms with Crippen LogP contribution >= 0.6 is 11.3 Å². The van der Waals surface area contributed by atoms with Gasteiger partial charge in [-0.05, 0) is 32.1 Å². The quantitative estimate of drug-likeness (QED) is 0.403. The van der Waals surface area contributed by atoms with Gasteiger partial charge in [-0.25, -0.2) is 4.52 Å². The Balaban J connectivity index is 1.37. The standard InChI is InChI=1S/C24H18N4O3S/c1-14-3-6-16(7-4-14)19-13-32-24-26-23(27-28(19)24)25-21(29)10-8-17-12-31-20-9-5-15(2)11-18(20)22(17)30/h3-13H,1-2H3,(H,25,27,29)/b10-8+. The fourth-order valence-corrected chi connectivity index (χ4v) is 4.18. The van der Waals surface area contributed by atoms with E-state index in [0.717, 1.165) is 16.8 Å². The number of benzene rings is 2. The highest BCUT2D eigenvalue weighted by Gasteiger charge is 2.13. The Kier molecular flexibility index (Phi) is 4.91. The molecule has 0 unspecified atom stereocenters. The van der Waals surface area contributed by atoms with E-state index in [9.17, 15) is 9.59 Å². The number of nitrogens with one attached hydrogen (secondary N) is 1. The van der Waals surface area contributed by atoms with Gasteiger partial charge in [-0.1, -0.05) is 41.5 Å². The second-order valence-electron chi connectivity index (χ2n) is 7.46. The van der Waals surface area contributed by atoms with Gasteiger partial charge < -0.3 is 4.42 Å². The lowest BCUT2D eigenvalue weighted by Crippen LogP contribution is -2.10. The van der Waals surface area contributed by atoms with Crippen molar-refractivity contribution in [2.24, 2.45) is 0 Å². The van der Waals surface area contributed by atoms with Gasteiger partial charge in [0.25, 0.3) is 11.9 Å². The minimum absolute atomic E-state index is 0.192. The lowest BCUT2D eigenvalue weighted by atomic mass is 10.1. The molecule has 0 bridgehead atoms. The molecule has 0 aliphatic carbocycles. The summed E-state index contributed by atoms with van der Waals surface area (Å²) in [6.45, 7) is 3.94. The molecule has 0 radical (unpaired) electrons. The van der Waals surface area contributed by atoms with E-state index in [1.165, 1.54) is 35.3 Å². The monoisotopic (exact) mass is 442 g/mol. The van der Waals surface area contributed by atoms with E-state index in [1.54, 1.807) is 16.6 Å². The summed E-state index contributed by atoms with van der Waals surface area (Å²) in [6, 6.07) is 13.5. The summed E-state index contributed by atoms with van der Waals surface area (Å²) in [5.41, 5.74) is 4.66. The highest BCUT2D eigenvalue weighted by atomic mass is 32.1. The molecule has 5 rings (SSSR count). The topological polar surface area (TPSA) is 89.5 Å². The molecule has 2 aromatic carbocycles. The Morgan fingerprint density at radius 3 is 2.72 bits per heavy atom. The summed E-state index contributed by atoms with van der Waals surface area (Å²) in [4.78, 5) is 30.1. The van der Waals surface area contributed by atoms with E-state index in [4.69, 9.17) is 4.42 Å². The SMILES string of the molecule is Cc1ccc(-c2csc3nc(NC(=O)/C=C/c4coc5ccc(C)cc5c4=O)nn23)cc1. The van der Waals surface area contributed by atoms with Crippen molar-refractivity contribution in [3.63, 3.8) is 0 Å². The fraction of sp³-hybridized carbons (Fsp3) is 0.0833. The number of aryl methyl sites for hydroxylation is 2. The van der Waals surface area contributed by atoms with Gasteiger partial charge in [0.2, 0.25) is 4.96 Å². The molecule has 158 valence electrons. The number of carbonyl (C=O) groups is 1. The molecular formula is C24H18N4O3S. The van der Waals surface area contributed by atoms with Crippen molar-refractivity contribution in [1.82, 2.24) is 14.6 Å². The Morgan fingerprint density at radius 1 is 1.12 bits per heavy atom. The molecule has 3 heterocycles. The van der Waals surface area contributed by atoms with Crippen LogP contribution in [0.15, 0.2) is 69.4 Å². The van der Waals surface area contributed by atoms with Crippen LogP contribution in [0.1, 0.15) is 16.7 Å². The smallest absolute Gasteiger partial charge is 0.250 e. The van der Waals surface area contributed by atoms with Crippen LogP contribution < -0.4 is 10.7 Å². The van der Waals surface area contributed by atoms with Crippen molar-refractivity contribution in [3.05, 3.63) is 87.1 Å². The Morgan fingerprint density at radius 2 is 1.91 bits per heavy atom. The number of carbonyl (C=O) groups excluding carboxylic acids is 1. The number of hydrogen-bond donors (Lipinski definition) is 1. The third-order valence-electron chi connectivity index (χ3n) is 5.03. The van der Waals surface area contributed by atoms with Gasteiger partial charge in [0.05, 0.1) is 16.6 Å². The number of anilines is 1. The predicted molar refractivity (Wildman–Crippen MR) is 126 cm³/mol. The predicted octanol–water partition coefficient (Wildman–Crippen LogP) is 4.83. The summed E-state index contributed by atoms with van der Waals surface area (Å²) < 4.78 is 7.21. The fourth-order valence-electron chi connectivity index (χ4n) is 3.35. The maximum Gasteiger partial charge on any atom is 0.250 e. The average molecular weight is 443 g/mol. The van der Waals surface area contributed by atoms with Crippen LogP contribution in [-0.4, -0.2) is 20.5 Å². The highest BCUT2D eigenvalue weighted by molar-refractivity contribution is 7.15. The van der Waals surface area contributed by atoms with Gasteiger partial charge >= 0.3 is 0 Å². The first kappa shape index (κ1) is 19.9. The highest BCUT2D eigenvalue weighted by Crippen LogP contribution is 2.26. The molecule has 3 aromatic heterocycles. The maximum absolute atomic E-state index is 12.7. The van der Waals surface area contributed by atoms with Crippen LogP contribution in [0, 0.1) is 13.8 Å². The van der Waals surface area contributed by atoms with Crippen molar-refractivity contribution in [3.8, 4) is 11.3 Å². The summed E-state index contributed by atoms with van der Waals surface area (Å²) >= 11 is 1.44. The molecule has 7 nitrogen and oxygen atoms in total. The number of fused-ring (bicyclic) bond motifs is 2. The normalized spacial score (nSPS) is 11.6. The van der Waals surface area contributed by atoms with Crippen molar-refractivity contribution >= 4 is 45.2 Å². The van der Waals surface area contributed by atoms with E-state index < -0.39 is 5.91 Å². The van der Waals surface area contributed by atoms with Gasteiger partial charge in [-0.15, -0.1) is 16.4 Å². The summed E-state index contributed by atoms with van der Waals surface area (Å²) in [7, 11) is 0. The summed E-state index contributed by atoms with van der Waals surface area (Å²) in [5.74, 6) is -0.245.